The number of aliphatic carboxylic acids is 1. The first-order valence-corrected chi connectivity index (χ1v) is 8.54. The minimum absolute atomic E-state index is 0.171. The van der Waals surface area contributed by atoms with Gasteiger partial charge in [-0.3, -0.25) is 20.4 Å². The predicted octanol–water partition coefficient (Wildman–Crippen LogP) is 0.0297. The minimum Gasteiger partial charge on any atom is -0.550 e. The summed E-state index contributed by atoms with van der Waals surface area (Å²) < 4.78 is 15.6. The maximum atomic E-state index is 12.4. The van der Waals surface area contributed by atoms with E-state index < -0.39 is 29.6 Å². The Morgan fingerprint density at radius 2 is 1.48 bits per heavy atom. The Balaban J connectivity index is 2.09. The largest absolute Gasteiger partial charge is 0.550 e. The van der Waals surface area contributed by atoms with Crippen molar-refractivity contribution in [3.05, 3.63) is 17.7 Å². The fourth-order valence-corrected chi connectivity index (χ4v) is 3.22. The maximum absolute atomic E-state index is 12.4. The first-order valence-electron chi connectivity index (χ1n) is 8.54. The van der Waals surface area contributed by atoms with Gasteiger partial charge in [0.05, 0.1) is 21.3 Å². The van der Waals surface area contributed by atoms with Crippen molar-refractivity contribution in [2.24, 2.45) is 11.8 Å². The second-order valence-electron chi connectivity index (χ2n) is 6.17. The monoisotopic (exact) mass is 379 g/mol. The summed E-state index contributed by atoms with van der Waals surface area (Å²) in [6.45, 7) is 0. The number of carboxylic acid groups (broad SMARTS) is 1. The average molecular weight is 379 g/mol. The molecule has 0 saturated heterocycles. The summed E-state index contributed by atoms with van der Waals surface area (Å²) in [5, 5.41) is 11.2. The molecule has 9 nitrogen and oxygen atoms in total. The van der Waals surface area contributed by atoms with Crippen LogP contribution in [0.2, 0.25) is 0 Å². The first kappa shape index (κ1) is 20.3. The standard InChI is InChI=1S/C18H24N2O7/c1-25-13-8-10(9-14(26-2)15(13)27-3)16(21)19-20-17(22)11-6-4-5-7-12(11)18(23)24/h8-9,11-12H,4-7H2,1-3H3,(H,19,21)(H,20,22)(H,23,24)/p-1. The zero-order valence-corrected chi connectivity index (χ0v) is 15.5. The molecule has 27 heavy (non-hydrogen) atoms. The Bertz CT molecular complexity index is 695. The fourth-order valence-electron chi connectivity index (χ4n) is 3.22. The van der Waals surface area contributed by atoms with Gasteiger partial charge in [0.1, 0.15) is 0 Å². The molecule has 2 amide bonds. The highest BCUT2D eigenvalue weighted by atomic mass is 16.5. The number of amides is 2. The molecule has 1 aromatic carbocycles. The second-order valence-corrected chi connectivity index (χ2v) is 6.17. The van der Waals surface area contributed by atoms with Gasteiger partial charge in [0.2, 0.25) is 11.7 Å². The van der Waals surface area contributed by atoms with E-state index in [2.05, 4.69) is 10.9 Å². The van der Waals surface area contributed by atoms with Gasteiger partial charge in [-0.05, 0) is 25.0 Å². The molecule has 0 bridgehead atoms. The molecular formula is C18H23N2O7-. The zero-order chi connectivity index (χ0) is 20.0. The summed E-state index contributed by atoms with van der Waals surface area (Å²) in [5.74, 6) is -3.07. The summed E-state index contributed by atoms with van der Waals surface area (Å²) in [4.78, 5) is 35.9. The highest BCUT2D eigenvalue weighted by molar-refractivity contribution is 5.97. The lowest BCUT2D eigenvalue weighted by molar-refractivity contribution is -0.314. The highest BCUT2D eigenvalue weighted by Gasteiger charge is 2.32. The molecule has 2 N–H and O–H groups in total. The van der Waals surface area contributed by atoms with Gasteiger partial charge in [-0.2, -0.15) is 0 Å². The van der Waals surface area contributed by atoms with Crippen LogP contribution in [0.15, 0.2) is 12.1 Å². The third-order valence-corrected chi connectivity index (χ3v) is 4.63. The molecule has 2 atom stereocenters. The van der Waals surface area contributed by atoms with E-state index >= 15 is 0 Å². The Labute approximate surface area is 156 Å². The van der Waals surface area contributed by atoms with E-state index in [0.717, 1.165) is 12.8 Å². The van der Waals surface area contributed by atoms with E-state index in [9.17, 15) is 19.5 Å². The van der Waals surface area contributed by atoms with Gasteiger partial charge in [-0.15, -0.1) is 0 Å². The van der Waals surface area contributed by atoms with E-state index in [1.807, 2.05) is 0 Å². The molecular weight excluding hydrogens is 356 g/mol. The number of carboxylic acids is 1. The first-order chi connectivity index (χ1) is 12.9. The van der Waals surface area contributed by atoms with Crippen LogP contribution in [0.3, 0.4) is 0 Å². The third-order valence-electron chi connectivity index (χ3n) is 4.63. The highest BCUT2D eigenvalue weighted by Crippen LogP contribution is 2.38. The van der Waals surface area contributed by atoms with Crippen LogP contribution in [-0.4, -0.2) is 39.1 Å². The Morgan fingerprint density at radius 3 is 1.96 bits per heavy atom. The number of carbonyl (C=O) groups excluding carboxylic acids is 3. The molecule has 1 aliphatic rings. The van der Waals surface area contributed by atoms with E-state index in [-0.39, 0.29) is 17.1 Å². The van der Waals surface area contributed by atoms with Crippen molar-refractivity contribution >= 4 is 17.8 Å². The zero-order valence-electron chi connectivity index (χ0n) is 15.5. The van der Waals surface area contributed by atoms with Crippen LogP contribution in [-0.2, 0) is 9.59 Å². The molecule has 0 heterocycles. The smallest absolute Gasteiger partial charge is 0.269 e. The van der Waals surface area contributed by atoms with Gasteiger partial charge in [-0.25, -0.2) is 0 Å². The van der Waals surface area contributed by atoms with Gasteiger partial charge < -0.3 is 24.1 Å². The summed E-state index contributed by atoms with van der Waals surface area (Å²) in [5.41, 5.74) is 4.76. The summed E-state index contributed by atoms with van der Waals surface area (Å²) in [6, 6.07) is 2.88. The van der Waals surface area contributed by atoms with Crippen molar-refractivity contribution in [2.75, 3.05) is 21.3 Å². The average Bonchev–Trinajstić information content (AvgIpc) is 2.70. The molecule has 1 aliphatic carbocycles. The molecule has 0 radical (unpaired) electrons. The number of ether oxygens (including phenoxy) is 3. The normalized spacial score (nSPS) is 18.9. The Hall–Kier alpha value is -2.97. The lowest BCUT2D eigenvalue weighted by Crippen LogP contribution is -2.49. The van der Waals surface area contributed by atoms with E-state index in [1.54, 1.807) is 0 Å². The summed E-state index contributed by atoms with van der Waals surface area (Å²) in [6.07, 6.45) is 2.31. The van der Waals surface area contributed by atoms with Crippen molar-refractivity contribution in [1.82, 2.24) is 10.9 Å². The van der Waals surface area contributed by atoms with Crippen molar-refractivity contribution in [3.63, 3.8) is 0 Å². The van der Waals surface area contributed by atoms with Gasteiger partial charge >= 0.3 is 0 Å². The predicted molar refractivity (Wildman–Crippen MR) is 92.2 cm³/mol. The van der Waals surface area contributed by atoms with Gasteiger partial charge in [0.15, 0.2) is 11.5 Å². The van der Waals surface area contributed by atoms with Crippen molar-refractivity contribution < 1.29 is 33.7 Å². The van der Waals surface area contributed by atoms with E-state index in [0.29, 0.717) is 18.6 Å². The molecule has 2 unspecified atom stereocenters. The van der Waals surface area contributed by atoms with Gasteiger partial charge in [0.25, 0.3) is 5.91 Å². The lowest BCUT2D eigenvalue weighted by Gasteiger charge is -2.31. The van der Waals surface area contributed by atoms with Crippen LogP contribution in [0.4, 0.5) is 0 Å². The van der Waals surface area contributed by atoms with E-state index in [1.165, 1.54) is 33.5 Å². The number of benzene rings is 1. The van der Waals surface area contributed by atoms with Crippen LogP contribution in [0.1, 0.15) is 36.0 Å². The maximum Gasteiger partial charge on any atom is 0.269 e. The summed E-state index contributed by atoms with van der Waals surface area (Å²) >= 11 is 0. The molecule has 1 fully saturated rings. The number of rotatable bonds is 6. The molecule has 0 spiro atoms. The Morgan fingerprint density at radius 1 is 0.926 bits per heavy atom. The number of nitrogens with one attached hydrogen (secondary N) is 2. The van der Waals surface area contributed by atoms with E-state index in [4.69, 9.17) is 14.2 Å². The molecule has 0 aliphatic heterocycles. The van der Waals surface area contributed by atoms with Crippen LogP contribution in [0.25, 0.3) is 0 Å². The second kappa shape index (κ2) is 9.11. The minimum atomic E-state index is -1.24. The molecule has 1 aromatic rings. The molecule has 1 saturated carbocycles. The number of hydrogen-bond donors (Lipinski definition) is 2. The van der Waals surface area contributed by atoms with Crippen molar-refractivity contribution in [2.45, 2.75) is 25.7 Å². The molecule has 9 heteroatoms. The lowest BCUT2D eigenvalue weighted by atomic mass is 9.79. The van der Waals surface area contributed by atoms with Gasteiger partial charge in [0, 0.05) is 23.4 Å². The Kier molecular flexibility index (Phi) is 6.86. The molecule has 2 rings (SSSR count). The van der Waals surface area contributed by atoms with Crippen molar-refractivity contribution in [1.29, 1.82) is 0 Å². The quantitative estimate of drug-likeness (QED) is 0.668. The van der Waals surface area contributed by atoms with Crippen LogP contribution in [0, 0.1) is 11.8 Å². The fraction of sp³-hybridized carbons (Fsp3) is 0.500. The van der Waals surface area contributed by atoms with Gasteiger partial charge in [-0.1, -0.05) is 12.8 Å². The SMILES string of the molecule is COc1cc(C(=O)NNC(=O)C2CCCCC2C(=O)[O-])cc(OC)c1OC. The van der Waals surface area contributed by atoms with Crippen LogP contribution >= 0.6 is 0 Å². The number of hydrogen-bond acceptors (Lipinski definition) is 7. The number of carbonyl (C=O) groups is 3. The third kappa shape index (κ3) is 4.60. The van der Waals surface area contributed by atoms with Crippen molar-refractivity contribution in [3.8, 4) is 17.2 Å². The summed E-state index contributed by atoms with van der Waals surface area (Å²) in [7, 11) is 4.28. The topological polar surface area (TPSA) is 126 Å². The number of methoxy groups -OCH3 is 3. The number of hydrazine groups is 1. The van der Waals surface area contributed by atoms with Crippen LogP contribution < -0.4 is 30.2 Å². The molecule has 148 valence electrons. The van der Waals surface area contributed by atoms with Crippen LogP contribution in [0.5, 0.6) is 17.2 Å². The molecule has 0 aromatic heterocycles.